The zero-order chi connectivity index (χ0) is 12.9. The fourth-order valence-electron chi connectivity index (χ4n) is 1.65. The second-order valence-corrected chi connectivity index (χ2v) is 8.67. The van der Waals surface area contributed by atoms with Crippen molar-refractivity contribution < 1.29 is 8.42 Å². The van der Waals surface area contributed by atoms with Crippen LogP contribution in [0.15, 0.2) is 0 Å². The van der Waals surface area contributed by atoms with E-state index in [1.807, 2.05) is 0 Å². The molecule has 0 aromatic heterocycles. The van der Waals surface area contributed by atoms with Gasteiger partial charge in [0.25, 0.3) is 0 Å². The molecule has 0 aliphatic carbocycles. The lowest BCUT2D eigenvalue weighted by molar-refractivity contribution is 0.600. The number of sulfone groups is 1. The van der Waals surface area contributed by atoms with Crippen LogP contribution in [0.25, 0.3) is 0 Å². The third kappa shape index (κ3) is 5.77. The summed E-state index contributed by atoms with van der Waals surface area (Å²) >= 11 is 12.7. The molecule has 1 fully saturated rings. The van der Waals surface area contributed by atoms with Gasteiger partial charge in [-0.15, -0.1) is 11.6 Å². The van der Waals surface area contributed by atoms with E-state index >= 15 is 0 Å². The standard InChI is InChI=1S/C10H18ClNO2S3/c1-2-3-4-5-16-10(15)12-9-7-17(13,14)6-8(9)11/h8-9H,2-7H2,1H3,(H,12,15). The smallest absolute Gasteiger partial charge is 0.153 e. The normalized spacial score (nSPS) is 26.9. The third-order valence-corrected chi connectivity index (χ3v) is 6.29. The first-order chi connectivity index (χ1) is 7.94. The van der Waals surface area contributed by atoms with E-state index in [9.17, 15) is 8.42 Å². The quantitative estimate of drug-likeness (QED) is 0.479. The van der Waals surface area contributed by atoms with E-state index < -0.39 is 9.84 Å². The highest BCUT2D eigenvalue weighted by molar-refractivity contribution is 8.22. The summed E-state index contributed by atoms with van der Waals surface area (Å²) in [7, 11) is -2.98. The van der Waals surface area contributed by atoms with Gasteiger partial charge in [0.15, 0.2) is 9.84 Å². The van der Waals surface area contributed by atoms with Crippen molar-refractivity contribution in [1.82, 2.24) is 5.32 Å². The Kier molecular flexibility index (Phi) is 6.55. The van der Waals surface area contributed by atoms with Crippen molar-refractivity contribution in [2.45, 2.75) is 37.6 Å². The van der Waals surface area contributed by atoms with Gasteiger partial charge in [0.1, 0.15) is 4.32 Å². The lowest BCUT2D eigenvalue weighted by atomic mass is 10.3. The molecule has 2 unspecified atom stereocenters. The predicted octanol–water partition coefficient (Wildman–Crippen LogP) is 2.19. The van der Waals surface area contributed by atoms with Gasteiger partial charge < -0.3 is 5.32 Å². The molecule has 1 heterocycles. The van der Waals surface area contributed by atoms with Crippen molar-refractivity contribution >= 4 is 49.7 Å². The molecule has 0 radical (unpaired) electrons. The Morgan fingerprint density at radius 2 is 2.18 bits per heavy atom. The molecule has 1 aliphatic heterocycles. The van der Waals surface area contributed by atoms with Crippen LogP contribution in [0.4, 0.5) is 0 Å². The van der Waals surface area contributed by atoms with Gasteiger partial charge in [0.05, 0.1) is 22.9 Å². The van der Waals surface area contributed by atoms with Crippen LogP contribution < -0.4 is 5.32 Å². The Bertz CT molecular complexity index is 359. The summed E-state index contributed by atoms with van der Waals surface area (Å²) in [5, 5.41) is 2.68. The SMILES string of the molecule is CCCCCSC(=S)NC1CS(=O)(=O)CC1Cl. The van der Waals surface area contributed by atoms with Crippen LogP contribution in [-0.2, 0) is 9.84 Å². The van der Waals surface area contributed by atoms with Crippen molar-refractivity contribution in [2.24, 2.45) is 0 Å². The average molecular weight is 316 g/mol. The Hall–Kier alpha value is 0.480. The van der Waals surface area contributed by atoms with Crippen LogP contribution >= 0.6 is 35.6 Å². The van der Waals surface area contributed by atoms with E-state index in [1.54, 1.807) is 11.8 Å². The van der Waals surface area contributed by atoms with Gasteiger partial charge in [-0.05, 0) is 6.42 Å². The van der Waals surface area contributed by atoms with Crippen LogP contribution in [0.5, 0.6) is 0 Å². The molecule has 0 amide bonds. The maximum atomic E-state index is 11.4. The minimum atomic E-state index is -2.98. The van der Waals surface area contributed by atoms with Crippen molar-refractivity contribution in [3.8, 4) is 0 Å². The molecular formula is C10H18ClNO2S3. The Morgan fingerprint density at radius 3 is 2.71 bits per heavy atom. The van der Waals surface area contributed by atoms with Crippen LogP contribution in [0.2, 0.25) is 0 Å². The highest BCUT2D eigenvalue weighted by Crippen LogP contribution is 2.19. The number of alkyl halides is 1. The number of rotatable bonds is 5. The van der Waals surface area contributed by atoms with Gasteiger partial charge in [-0.2, -0.15) is 0 Å². The van der Waals surface area contributed by atoms with Crippen molar-refractivity contribution in [2.75, 3.05) is 17.3 Å². The predicted molar refractivity (Wildman–Crippen MR) is 79.8 cm³/mol. The third-order valence-electron chi connectivity index (χ3n) is 2.57. The maximum Gasteiger partial charge on any atom is 0.153 e. The summed E-state index contributed by atoms with van der Waals surface area (Å²) in [5.41, 5.74) is 0. The molecule has 0 aromatic carbocycles. The van der Waals surface area contributed by atoms with Crippen molar-refractivity contribution in [1.29, 1.82) is 0 Å². The molecule has 0 aromatic rings. The first kappa shape index (κ1) is 15.5. The van der Waals surface area contributed by atoms with Gasteiger partial charge >= 0.3 is 0 Å². The molecule has 0 saturated carbocycles. The molecule has 17 heavy (non-hydrogen) atoms. The highest BCUT2D eigenvalue weighted by atomic mass is 35.5. The fourth-order valence-corrected chi connectivity index (χ4v) is 5.37. The summed E-state index contributed by atoms with van der Waals surface area (Å²) in [5.74, 6) is 1.12. The van der Waals surface area contributed by atoms with E-state index in [0.717, 1.165) is 12.2 Å². The lowest BCUT2D eigenvalue weighted by Gasteiger charge is -2.15. The second-order valence-electron chi connectivity index (χ2n) is 4.19. The van der Waals surface area contributed by atoms with Gasteiger partial charge in [0, 0.05) is 5.75 Å². The van der Waals surface area contributed by atoms with E-state index in [2.05, 4.69) is 12.2 Å². The molecule has 2 atom stereocenters. The monoisotopic (exact) mass is 315 g/mol. The molecule has 1 aliphatic rings. The largest absolute Gasteiger partial charge is 0.366 e. The number of hydrogen-bond acceptors (Lipinski definition) is 4. The fraction of sp³-hybridized carbons (Fsp3) is 0.900. The van der Waals surface area contributed by atoms with E-state index in [0.29, 0.717) is 4.32 Å². The van der Waals surface area contributed by atoms with E-state index in [1.165, 1.54) is 12.8 Å². The molecular weight excluding hydrogens is 298 g/mol. The topological polar surface area (TPSA) is 46.2 Å². The summed E-state index contributed by atoms with van der Waals surface area (Å²) in [6, 6.07) is -0.229. The summed E-state index contributed by atoms with van der Waals surface area (Å²) in [6.45, 7) is 2.16. The number of thiocarbonyl (C=S) groups is 1. The zero-order valence-electron chi connectivity index (χ0n) is 9.82. The Labute approximate surface area is 118 Å². The maximum absolute atomic E-state index is 11.4. The van der Waals surface area contributed by atoms with Crippen molar-refractivity contribution in [3.05, 3.63) is 0 Å². The molecule has 1 rings (SSSR count). The van der Waals surface area contributed by atoms with Crippen LogP contribution in [0, 0.1) is 0 Å². The highest BCUT2D eigenvalue weighted by Gasteiger charge is 2.36. The number of hydrogen-bond donors (Lipinski definition) is 1. The van der Waals surface area contributed by atoms with Gasteiger partial charge in [-0.3, -0.25) is 0 Å². The van der Waals surface area contributed by atoms with Gasteiger partial charge in [-0.1, -0.05) is 43.7 Å². The number of thioether (sulfide) groups is 1. The summed E-state index contributed by atoms with van der Waals surface area (Å²) in [4.78, 5) is 0. The molecule has 0 bridgehead atoms. The Morgan fingerprint density at radius 1 is 1.47 bits per heavy atom. The molecule has 7 heteroatoms. The minimum absolute atomic E-state index is 0.0509. The van der Waals surface area contributed by atoms with E-state index in [4.69, 9.17) is 23.8 Å². The zero-order valence-corrected chi connectivity index (χ0v) is 13.0. The molecule has 1 N–H and O–H groups in total. The van der Waals surface area contributed by atoms with Crippen LogP contribution in [0.1, 0.15) is 26.2 Å². The van der Waals surface area contributed by atoms with Crippen molar-refractivity contribution in [3.63, 3.8) is 0 Å². The minimum Gasteiger partial charge on any atom is -0.366 e. The first-order valence-electron chi connectivity index (χ1n) is 5.72. The van der Waals surface area contributed by atoms with E-state index in [-0.39, 0.29) is 22.9 Å². The molecule has 100 valence electrons. The number of unbranched alkanes of at least 4 members (excludes halogenated alkanes) is 2. The van der Waals surface area contributed by atoms with Gasteiger partial charge in [0.2, 0.25) is 0 Å². The molecule has 3 nitrogen and oxygen atoms in total. The summed E-state index contributed by atoms with van der Waals surface area (Å²) in [6.07, 6.45) is 3.52. The summed E-state index contributed by atoms with van der Waals surface area (Å²) < 4.78 is 23.4. The Balaban J connectivity index is 2.27. The lowest BCUT2D eigenvalue weighted by Crippen LogP contribution is -2.38. The first-order valence-corrected chi connectivity index (χ1v) is 9.37. The molecule has 1 saturated heterocycles. The number of nitrogens with one attached hydrogen (secondary N) is 1. The van der Waals surface area contributed by atoms with Gasteiger partial charge in [-0.25, -0.2) is 8.42 Å². The molecule has 0 spiro atoms. The number of halogens is 1. The average Bonchev–Trinajstić information content (AvgIpc) is 2.47. The van der Waals surface area contributed by atoms with Crippen LogP contribution in [-0.4, -0.2) is 41.4 Å². The van der Waals surface area contributed by atoms with Crippen LogP contribution in [0.3, 0.4) is 0 Å². The second kappa shape index (κ2) is 7.16.